The molecular weight excluding hydrogens is 649 g/mol. The SMILES string of the molecule is CCNc1ccccc1C1=CC=C(CN2C(=O)[C@H](NC(=O)CC(C)(C)NC[C@H](O)CO)CCc3cc(C(F)(F)F)ccc32)CC1=S(=O)=O. The molecular formula is C34H41F3N4O6S. The van der Waals surface area contributed by atoms with Crippen LogP contribution in [0.3, 0.4) is 0 Å². The third kappa shape index (κ3) is 9.13. The van der Waals surface area contributed by atoms with Gasteiger partial charge in [-0.1, -0.05) is 30.4 Å². The molecule has 2 atom stereocenters. The molecule has 0 fully saturated rings. The summed E-state index contributed by atoms with van der Waals surface area (Å²) in [4.78, 5) is 28.6. The number of para-hydroxylation sites is 1. The first-order valence-corrected chi connectivity index (χ1v) is 16.7. The fraction of sp³-hybridized carbons (Fsp3) is 0.441. The zero-order valence-electron chi connectivity index (χ0n) is 27.0. The molecule has 2 aliphatic rings. The van der Waals surface area contributed by atoms with Gasteiger partial charge in [0.25, 0.3) is 0 Å². The number of aryl methyl sites for hydroxylation is 1. The van der Waals surface area contributed by atoms with E-state index in [4.69, 9.17) is 5.11 Å². The van der Waals surface area contributed by atoms with Crippen LogP contribution >= 0.6 is 0 Å². The Morgan fingerprint density at radius 3 is 2.52 bits per heavy atom. The summed E-state index contributed by atoms with van der Waals surface area (Å²) in [5.41, 5.74) is 1.32. The number of alkyl halides is 3. The van der Waals surface area contributed by atoms with E-state index in [-0.39, 0.29) is 54.9 Å². The van der Waals surface area contributed by atoms with E-state index >= 15 is 0 Å². The van der Waals surface area contributed by atoms with Crippen molar-refractivity contribution in [1.82, 2.24) is 10.6 Å². The first-order valence-electron chi connectivity index (χ1n) is 15.7. The molecule has 260 valence electrons. The number of β-amino-alcohol motifs (C(OH)–C–C–N with tert-alkyl or cyclic N) is 1. The fourth-order valence-electron chi connectivity index (χ4n) is 5.84. The van der Waals surface area contributed by atoms with Crippen molar-refractivity contribution in [2.24, 2.45) is 0 Å². The molecule has 1 aliphatic heterocycles. The van der Waals surface area contributed by atoms with Gasteiger partial charge in [0.15, 0.2) is 0 Å². The number of amides is 2. The van der Waals surface area contributed by atoms with Gasteiger partial charge in [0.05, 0.1) is 23.1 Å². The summed E-state index contributed by atoms with van der Waals surface area (Å²) in [6, 6.07) is 9.37. The van der Waals surface area contributed by atoms with Crippen LogP contribution in [0.5, 0.6) is 0 Å². The second-order valence-electron chi connectivity index (χ2n) is 12.5. The first kappa shape index (κ1) is 36.8. The van der Waals surface area contributed by atoms with Crippen molar-refractivity contribution in [3.05, 3.63) is 76.9 Å². The molecule has 2 aromatic carbocycles. The topological polar surface area (TPSA) is 148 Å². The predicted octanol–water partition coefficient (Wildman–Crippen LogP) is 3.48. The van der Waals surface area contributed by atoms with E-state index in [2.05, 4.69) is 16.0 Å². The monoisotopic (exact) mass is 690 g/mol. The van der Waals surface area contributed by atoms with E-state index in [1.165, 1.54) is 11.0 Å². The summed E-state index contributed by atoms with van der Waals surface area (Å²) >= 11 is 0. The highest BCUT2D eigenvalue weighted by atomic mass is 32.2. The Kier molecular flexibility index (Phi) is 11.9. The highest BCUT2D eigenvalue weighted by Crippen LogP contribution is 2.37. The zero-order chi connectivity index (χ0) is 35.2. The van der Waals surface area contributed by atoms with Crippen molar-refractivity contribution in [2.45, 2.75) is 70.3 Å². The van der Waals surface area contributed by atoms with Crippen LogP contribution in [-0.2, 0) is 32.5 Å². The number of fused-ring (bicyclic) bond motifs is 1. The highest BCUT2D eigenvalue weighted by molar-refractivity contribution is 7.74. The van der Waals surface area contributed by atoms with Gasteiger partial charge >= 0.3 is 6.18 Å². The Morgan fingerprint density at radius 1 is 1.12 bits per heavy atom. The Balaban J connectivity index is 1.67. The summed E-state index contributed by atoms with van der Waals surface area (Å²) < 4.78 is 66.0. The number of aliphatic hydroxyl groups is 2. The molecule has 4 rings (SSSR count). The molecule has 1 aliphatic carbocycles. The van der Waals surface area contributed by atoms with Crippen LogP contribution in [0.4, 0.5) is 24.5 Å². The van der Waals surface area contributed by atoms with Crippen LogP contribution in [0.15, 0.2) is 60.2 Å². The van der Waals surface area contributed by atoms with Crippen LogP contribution in [0, 0.1) is 0 Å². The number of nitrogens with one attached hydrogen (secondary N) is 3. The number of nitrogens with zero attached hydrogens (tertiary/aromatic N) is 1. The number of carbonyl (C=O) groups is 2. The quantitative estimate of drug-likeness (QED) is 0.213. The van der Waals surface area contributed by atoms with Crippen molar-refractivity contribution in [3.8, 4) is 0 Å². The summed E-state index contributed by atoms with van der Waals surface area (Å²) in [6.45, 7) is 5.43. The molecule has 0 spiro atoms. The van der Waals surface area contributed by atoms with E-state index in [0.717, 1.165) is 17.8 Å². The molecule has 10 nitrogen and oxygen atoms in total. The van der Waals surface area contributed by atoms with Crippen LogP contribution in [-0.4, -0.2) is 79.2 Å². The Labute approximate surface area is 279 Å². The molecule has 0 radical (unpaired) electrons. The van der Waals surface area contributed by atoms with Crippen molar-refractivity contribution in [3.63, 3.8) is 0 Å². The lowest BCUT2D eigenvalue weighted by molar-refractivity contribution is -0.137. The van der Waals surface area contributed by atoms with E-state index in [0.29, 0.717) is 23.3 Å². The second-order valence-corrected chi connectivity index (χ2v) is 13.5. The molecule has 48 heavy (non-hydrogen) atoms. The van der Waals surface area contributed by atoms with Gasteiger partial charge in [-0.3, -0.25) is 9.59 Å². The number of allylic oxidation sites excluding steroid dienone is 3. The van der Waals surface area contributed by atoms with E-state index in [1.807, 2.05) is 19.1 Å². The summed E-state index contributed by atoms with van der Waals surface area (Å²) in [6.07, 6.45) is -2.26. The maximum Gasteiger partial charge on any atom is 0.416 e. The number of benzene rings is 2. The molecule has 1 heterocycles. The number of rotatable bonds is 12. The minimum atomic E-state index is -4.61. The fourth-order valence-corrected chi connectivity index (χ4v) is 6.50. The van der Waals surface area contributed by atoms with Crippen LogP contribution < -0.4 is 20.9 Å². The third-order valence-electron chi connectivity index (χ3n) is 8.25. The molecule has 0 saturated heterocycles. The highest BCUT2D eigenvalue weighted by Gasteiger charge is 2.36. The van der Waals surface area contributed by atoms with Crippen LogP contribution in [0.25, 0.3) is 5.57 Å². The summed E-state index contributed by atoms with van der Waals surface area (Å²) in [5.74, 6) is -1.03. The van der Waals surface area contributed by atoms with Gasteiger partial charge in [0.2, 0.25) is 22.1 Å². The largest absolute Gasteiger partial charge is 0.416 e. The van der Waals surface area contributed by atoms with Gasteiger partial charge in [0.1, 0.15) is 6.04 Å². The van der Waals surface area contributed by atoms with Crippen LogP contribution in [0.2, 0.25) is 0 Å². The Bertz CT molecular complexity index is 1730. The Hall–Kier alpha value is -3.98. The van der Waals surface area contributed by atoms with Gasteiger partial charge in [-0.25, -0.2) is 0 Å². The number of carbonyl (C=O) groups excluding carboxylic acids is 2. The molecule has 0 saturated carbocycles. The van der Waals surface area contributed by atoms with Gasteiger partial charge < -0.3 is 31.1 Å². The Morgan fingerprint density at radius 2 is 1.85 bits per heavy atom. The molecule has 5 N–H and O–H groups in total. The normalized spacial score (nSPS) is 17.6. The van der Waals surface area contributed by atoms with Gasteiger partial charge in [-0.05, 0) is 69.0 Å². The van der Waals surface area contributed by atoms with Gasteiger partial charge in [-0.15, -0.1) is 0 Å². The molecule has 14 heteroatoms. The van der Waals surface area contributed by atoms with Crippen molar-refractivity contribution in [1.29, 1.82) is 0 Å². The average molecular weight is 691 g/mol. The van der Waals surface area contributed by atoms with E-state index in [1.54, 1.807) is 38.1 Å². The standard InChI is InChI=1S/C34H41F3N4O6S/c1-4-38-27-8-6-5-7-25(27)26-12-9-21(15-30(26)48(46)47)19-41-29-14-11-23(34(35,36)37)16-22(29)10-13-28(32(41)45)40-31(44)17-33(2,3)39-18-24(43)20-42/h5-9,11-12,14,16,24,28,38-39,42-43H,4,10,13,15,17-20H2,1-3H3,(H,40,44)/t24-,28+/m0/s1. The molecule has 0 bridgehead atoms. The third-order valence-corrected chi connectivity index (χ3v) is 9.02. The number of aliphatic hydroxyl groups excluding tert-OH is 2. The molecule has 2 aromatic rings. The maximum absolute atomic E-state index is 14.1. The summed E-state index contributed by atoms with van der Waals surface area (Å²) in [5, 5.41) is 27.7. The lowest BCUT2D eigenvalue weighted by Gasteiger charge is -2.30. The summed E-state index contributed by atoms with van der Waals surface area (Å²) in [7, 11) is -2.61. The smallest absolute Gasteiger partial charge is 0.394 e. The second kappa shape index (κ2) is 15.5. The molecule has 0 unspecified atom stereocenters. The van der Waals surface area contributed by atoms with Crippen molar-refractivity contribution < 1.29 is 41.4 Å². The van der Waals surface area contributed by atoms with Crippen LogP contribution in [0.1, 0.15) is 56.7 Å². The number of anilines is 2. The minimum Gasteiger partial charge on any atom is -0.394 e. The lowest BCUT2D eigenvalue weighted by atomic mass is 9.91. The van der Waals surface area contributed by atoms with Gasteiger partial charge in [-0.2, -0.15) is 21.6 Å². The van der Waals surface area contributed by atoms with Gasteiger partial charge in [0, 0.05) is 60.5 Å². The number of hydrogen-bond donors (Lipinski definition) is 5. The van der Waals surface area contributed by atoms with Crippen molar-refractivity contribution >= 4 is 43.9 Å². The molecule has 0 aromatic heterocycles. The minimum absolute atomic E-state index is 0.0290. The maximum atomic E-state index is 14.1. The zero-order valence-corrected chi connectivity index (χ0v) is 27.8. The lowest BCUT2D eigenvalue weighted by Crippen LogP contribution is -2.52. The van der Waals surface area contributed by atoms with Crippen molar-refractivity contribution in [2.75, 3.05) is 36.5 Å². The first-order chi connectivity index (χ1) is 22.6. The molecule has 2 amide bonds. The number of hydrogen-bond acceptors (Lipinski definition) is 8. The average Bonchev–Trinajstić information content (AvgIpc) is 3.15. The number of halogens is 3. The van der Waals surface area contributed by atoms with E-state index in [9.17, 15) is 36.3 Å². The predicted molar refractivity (Wildman–Crippen MR) is 179 cm³/mol. The van der Waals surface area contributed by atoms with E-state index < -0.39 is 58.1 Å².